The Labute approximate surface area is 111 Å². The van der Waals surface area contributed by atoms with E-state index in [-0.39, 0.29) is 17.4 Å². The van der Waals surface area contributed by atoms with Gasteiger partial charge in [-0.05, 0) is 5.56 Å². The van der Waals surface area contributed by atoms with Gasteiger partial charge in [-0.3, -0.25) is 0 Å². The predicted molar refractivity (Wildman–Crippen MR) is 70.4 cm³/mol. The maximum absolute atomic E-state index is 10.6. The van der Waals surface area contributed by atoms with E-state index < -0.39 is 6.16 Å². The van der Waals surface area contributed by atoms with Crippen molar-refractivity contribution in [2.24, 2.45) is 11.3 Å². The fourth-order valence-electron chi connectivity index (χ4n) is 2.12. The van der Waals surface area contributed by atoms with E-state index in [4.69, 9.17) is 21.4 Å². The van der Waals surface area contributed by atoms with Gasteiger partial charge in [0.1, 0.15) is 6.10 Å². The number of benzene rings is 1. The normalized spacial score (nSPS) is 25.6. The molecule has 1 aliphatic rings. The van der Waals surface area contributed by atoms with Crippen LogP contribution in [0.2, 0.25) is 0 Å². The van der Waals surface area contributed by atoms with Gasteiger partial charge in [0.05, 0.1) is 0 Å². The summed E-state index contributed by atoms with van der Waals surface area (Å²) in [6, 6.07) is 9.58. The van der Waals surface area contributed by atoms with Gasteiger partial charge in [0.15, 0.2) is 0 Å². The highest BCUT2D eigenvalue weighted by Gasteiger charge is 2.60. The van der Waals surface area contributed by atoms with Crippen molar-refractivity contribution in [1.29, 1.82) is 0 Å². The molecule has 1 N–H and O–H groups in total. The first-order valence-electron chi connectivity index (χ1n) is 5.75. The summed E-state index contributed by atoms with van der Waals surface area (Å²) in [4.78, 5) is 10.6. The molecule has 96 valence electrons. The second kappa shape index (κ2) is 4.65. The van der Waals surface area contributed by atoms with Crippen molar-refractivity contribution in [3.05, 3.63) is 42.0 Å². The molecule has 1 aromatic rings. The van der Waals surface area contributed by atoms with Crippen LogP contribution < -0.4 is 0 Å². The lowest BCUT2D eigenvalue weighted by molar-refractivity contribution is 0.0732. The molecule has 0 spiro atoms. The number of carbonyl (C=O) groups is 1. The van der Waals surface area contributed by atoms with E-state index in [1.165, 1.54) is 0 Å². The van der Waals surface area contributed by atoms with E-state index in [0.29, 0.717) is 5.03 Å². The molecule has 1 fully saturated rings. The van der Waals surface area contributed by atoms with Gasteiger partial charge in [0.2, 0.25) is 0 Å². The van der Waals surface area contributed by atoms with Crippen molar-refractivity contribution in [2.75, 3.05) is 0 Å². The lowest BCUT2D eigenvalue weighted by Gasteiger charge is -1.99. The van der Waals surface area contributed by atoms with Gasteiger partial charge < -0.3 is 9.84 Å². The monoisotopic (exact) mass is 266 g/mol. The standard InChI is InChI=1S/C14H15ClO3/c1-14(2)10(12(14)18-13(16)17)8-11(15)9-6-4-3-5-7-9/h3-8,10,12H,1-2H3,(H,16,17). The van der Waals surface area contributed by atoms with Crippen LogP contribution in [0.15, 0.2) is 36.4 Å². The molecule has 0 saturated heterocycles. The minimum atomic E-state index is -1.24. The fraction of sp³-hybridized carbons (Fsp3) is 0.357. The Balaban J connectivity index is 2.13. The third kappa shape index (κ3) is 2.51. The molecular weight excluding hydrogens is 252 g/mol. The molecule has 0 radical (unpaired) electrons. The first kappa shape index (κ1) is 13.0. The maximum atomic E-state index is 10.6. The maximum Gasteiger partial charge on any atom is 0.506 e. The molecule has 0 amide bonds. The summed E-state index contributed by atoms with van der Waals surface area (Å²) in [7, 11) is 0. The molecular formula is C14H15ClO3. The molecule has 1 aromatic carbocycles. The van der Waals surface area contributed by atoms with Gasteiger partial charge in [-0.15, -0.1) is 0 Å². The lowest BCUT2D eigenvalue weighted by atomic mass is 10.1. The van der Waals surface area contributed by atoms with Gasteiger partial charge in [-0.25, -0.2) is 4.79 Å². The summed E-state index contributed by atoms with van der Waals surface area (Å²) in [6.45, 7) is 3.94. The second-order valence-corrected chi connectivity index (χ2v) is 5.44. The van der Waals surface area contributed by atoms with Gasteiger partial charge in [0.25, 0.3) is 0 Å². The van der Waals surface area contributed by atoms with E-state index in [2.05, 4.69) is 0 Å². The van der Waals surface area contributed by atoms with E-state index >= 15 is 0 Å². The van der Waals surface area contributed by atoms with Crippen LogP contribution in [0.1, 0.15) is 19.4 Å². The van der Waals surface area contributed by atoms with Crippen molar-refractivity contribution in [3.63, 3.8) is 0 Å². The van der Waals surface area contributed by atoms with Crippen molar-refractivity contribution in [1.82, 2.24) is 0 Å². The van der Waals surface area contributed by atoms with Crippen LogP contribution in [0.4, 0.5) is 4.79 Å². The topological polar surface area (TPSA) is 46.5 Å². The van der Waals surface area contributed by atoms with Gasteiger partial charge in [-0.2, -0.15) is 0 Å². The number of hydrogen-bond acceptors (Lipinski definition) is 2. The first-order valence-corrected chi connectivity index (χ1v) is 6.13. The van der Waals surface area contributed by atoms with Crippen LogP contribution in [0.3, 0.4) is 0 Å². The SMILES string of the molecule is CC1(C)C(C=C(Cl)c2ccccc2)C1OC(=O)O. The van der Waals surface area contributed by atoms with E-state index in [1.807, 2.05) is 50.3 Å². The third-order valence-electron chi connectivity index (χ3n) is 3.41. The Bertz CT molecular complexity index is 479. The molecule has 1 saturated carbocycles. The number of hydrogen-bond donors (Lipinski definition) is 1. The molecule has 18 heavy (non-hydrogen) atoms. The average Bonchev–Trinajstić information content (AvgIpc) is 2.81. The van der Waals surface area contributed by atoms with E-state index in [9.17, 15) is 4.79 Å². The average molecular weight is 267 g/mol. The van der Waals surface area contributed by atoms with Crippen LogP contribution in [-0.4, -0.2) is 17.4 Å². The molecule has 0 aliphatic heterocycles. The molecule has 1 aliphatic carbocycles. The van der Waals surface area contributed by atoms with Crippen LogP contribution in [0, 0.1) is 11.3 Å². The molecule has 3 nitrogen and oxygen atoms in total. The molecule has 2 atom stereocenters. The summed E-state index contributed by atoms with van der Waals surface area (Å²) in [6.07, 6.45) is 0.331. The van der Waals surface area contributed by atoms with Crippen molar-refractivity contribution in [3.8, 4) is 0 Å². The summed E-state index contributed by atoms with van der Waals surface area (Å²) < 4.78 is 4.84. The Morgan fingerprint density at radius 2 is 2.00 bits per heavy atom. The smallest absolute Gasteiger partial charge is 0.450 e. The molecule has 0 bridgehead atoms. The van der Waals surface area contributed by atoms with Crippen LogP contribution >= 0.6 is 11.6 Å². The summed E-state index contributed by atoms with van der Waals surface area (Å²) in [5, 5.41) is 9.28. The summed E-state index contributed by atoms with van der Waals surface area (Å²) in [5.41, 5.74) is 0.740. The fourth-order valence-corrected chi connectivity index (χ4v) is 2.38. The van der Waals surface area contributed by atoms with E-state index in [0.717, 1.165) is 5.56 Å². The molecule has 2 rings (SSSR count). The first-order chi connectivity index (χ1) is 8.43. The minimum Gasteiger partial charge on any atom is -0.450 e. The highest BCUT2D eigenvalue weighted by molar-refractivity contribution is 6.48. The second-order valence-electron chi connectivity index (χ2n) is 5.03. The molecule has 0 aromatic heterocycles. The largest absolute Gasteiger partial charge is 0.506 e. The zero-order chi connectivity index (χ0) is 13.3. The lowest BCUT2D eigenvalue weighted by Crippen LogP contribution is -2.07. The van der Waals surface area contributed by atoms with Crippen LogP contribution in [0.25, 0.3) is 5.03 Å². The van der Waals surface area contributed by atoms with Crippen LogP contribution in [-0.2, 0) is 4.74 Å². The Kier molecular flexibility index (Phi) is 3.35. The Hall–Kier alpha value is -1.48. The highest BCUT2D eigenvalue weighted by Crippen LogP contribution is 2.56. The van der Waals surface area contributed by atoms with Crippen molar-refractivity contribution < 1.29 is 14.6 Å². The number of carboxylic acid groups (broad SMARTS) is 1. The zero-order valence-electron chi connectivity index (χ0n) is 10.3. The Morgan fingerprint density at radius 3 is 2.56 bits per heavy atom. The number of halogens is 1. The van der Waals surface area contributed by atoms with Crippen LogP contribution in [0.5, 0.6) is 0 Å². The summed E-state index contributed by atoms with van der Waals surface area (Å²) in [5.74, 6) is 0.0290. The van der Waals surface area contributed by atoms with Crippen molar-refractivity contribution >= 4 is 22.8 Å². The molecule has 4 heteroatoms. The van der Waals surface area contributed by atoms with E-state index in [1.54, 1.807) is 0 Å². The quantitative estimate of drug-likeness (QED) is 0.842. The van der Waals surface area contributed by atoms with Gasteiger partial charge >= 0.3 is 6.16 Å². The number of ether oxygens (including phenoxy) is 1. The molecule has 2 unspecified atom stereocenters. The highest BCUT2D eigenvalue weighted by atomic mass is 35.5. The van der Waals surface area contributed by atoms with Gasteiger partial charge in [0, 0.05) is 16.4 Å². The van der Waals surface area contributed by atoms with Crippen molar-refractivity contribution in [2.45, 2.75) is 20.0 Å². The minimum absolute atomic E-state index is 0.0290. The molecule has 0 heterocycles. The van der Waals surface area contributed by atoms with Gasteiger partial charge in [-0.1, -0.05) is 61.9 Å². The summed E-state index contributed by atoms with van der Waals surface area (Å²) >= 11 is 6.23. The third-order valence-corrected chi connectivity index (χ3v) is 3.76. The predicted octanol–water partition coefficient (Wildman–Crippen LogP) is 3.99. The number of rotatable bonds is 3. The zero-order valence-corrected chi connectivity index (χ0v) is 11.0. The Morgan fingerprint density at radius 1 is 1.39 bits per heavy atom.